The number of carbonyl (C=O) groups is 1. The number of thiazole rings is 1. The summed E-state index contributed by atoms with van der Waals surface area (Å²) >= 11 is 1.07. The summed E-state index contributed by atoms with van der Waals surface area (Å²) in [6.45, 7) is 7.25. The van der Waals surface area contributed by atoms with Gasteiger partial charge in [-0.25, -0.2) is 9.79 Å². The van der Waals surface area contributed by atoms with Crippen LogP contribution in [0.4, 0.5) is 5.69 Å². The van der Waals surface area contributed by atoms with Crippen molar-refractivity contribution in [2.75, 3.05) is 13.4 Å². The van der Waals surface area contributed by atoms with Crippen LogP contribution in [0.25, 0.3) is 6.08 Å². The van der Waals surface area contributed by atoms with Crippen LogP contribution in [0.3, 0.4) is 0 Å². The summed E-state index contributed by atoms with van der Waals surface area (Å²) < 4.78 is 23.7. The van der Waals surface area contributed by atoms with E-state index >= 15 is 0 Å². The fraction of sp³-hybridized carbons (Fsp3) is 0.296. The minimum absolute atomic E-state index is 0.0497. The molecule has 12 heteroatoms. The number of hydrogen-bond donors (Lipinski definition) is 0. The molecule has 0 saturated carbocycles. The van der Waals surface area contributed by atoms with Crippen molar-refractivity contribution >= 4 is 29.1 Å². The fourth-order valence-electron chi connectivity index (χ4n) is 4.52. The standard InChI is InChI=1S/C27H25N3O8S/c1-5-35-26(32)23-15(4)28-27-29(24(23)17-8-6-7-9-19(17)38-14(2)3)25(31)22(39-27)11-16-10-20-21(37-13-36-20)12-18(16)30(33)34/h6-12,14,24H,5,13H2,1-4H3/b22-11-/t24-/m1/s1. The van der Waals surface area contributed by atoms with Gasteiger partial charge in [-0.15, -0.1) is 0 Å². The Morgan fingerprint density at radius 3 is 2.69 bits per heavy atom. The first-order valence-corrected chi connectivity index (χ1v) is 13.0. The molecule has 39 heavy (non-hydrogen) atoms. The van der Waals surface area contributed by atoms with Gasteiger partial charge in [-0.2, -0.15) is 0 Å². The average molecular weight is 552 g/mol. The highest BCUT2D eigenvalue weighted by Gasteiger charge is 2.35. The van der Waals surface area contributed by atoms with Crippen LogP contribution in [-0.2, 0) is 9.53 Å². The van der Waals surface area contributed by atoms with Gasteiger partial charge in [-0.1, -0.05) is 29.5 Å². The molecule has 0 N–H and O–H groups in total. The quantitative estimate of drug-likeness (QED) is 0.248. The zero-order valence-corrected chi connectivity index (χ0v) is 22.4. The molecular weight excluding hydrogens is 526 g/mol. The van der Waals surface area contributed by atoms with E-state index in [1.54, 1.807) is 32.0 Å². The van der Waals surface area contributed by atoms with Crippen molar-refractivity contribution in [3.05, 3.63) is 88.6 Å². The summed E-state index contributed by atoms with van der Waals surface area (Å²) in [6.07, 6.45) is 1.27. The van der Waals surface area contributed by atoms with E-state index < -0.39 is 22.5 Å². The van der Waals surface area contributed by atoms with Crippen LogP contribution >= 0.6 is 11.3 Å². The molecule has 0 bridgehead atoms. The van der Waals surface area contributed by atoms with Gasteiger partial charge >= 0.3 is 5.97 Å². The maximum Gasteiger partial charge on any atom is 0.338 e. The molecule has 5 rings (SSSR count). The van der Waals surface area contributed by atoms with Crippen molar-refractivity contribution in [3.8, 4) is 17.2 Å². The Hall–Kier alpha value is -4.45. The first-order chi connectivity index (χ1) is 18.7. The summed E-state index contributed by atoms with van der Waals surface area (Å²) in [5.41, 5.74) is 0.676. The second-order valence-corrected chi connectivity index (χ2v) is 10.0. The zero-order chi connectivity index (χ0) is 27.8. The van der Waals surface area contributed by atoms with Crippen LogP contribution in [0.2, 0.25) is 0 Å². The highest BCUT2D eigenvalue weighted by Crippen LogP contribution is 2.39. The number of nitro benzene ring substituents is 1. The SMILES string of the molecule is CCOC(=O)C1=C(C)N=c2s/c(=C\c3cc4c(cc3[N+](=O)[O-])OCO4)c(=O)n2[C@@H]1c1ccccc1OC(C)C. The van der Waals surface area contributed by atoms with Crippen LogP contribution in [0.15, 0.2) is 57.5 Å². The van der Waals surface area contributed by atoms with Crippen molar-refractivity contribution in [1.29, 1.82) is 0 Å². The van der Waals surface area contributed by atoms with Gasteiger partial charge < -0.3 is 18.9 Å². The van der Waals surface area contributed by atoms with Gasteiger partial charge in [0.1, 0.15) is 11.8 Å². The van der Waals surface area contributed by atoms with Gasteiger partial charge in [0.2, 0.25) is 6.79 Å². The number of hydrogen-bond acceptors (Lipinski definition) is 10. The average Bonchev–Trinajstić information content (AvgIpc) is 3.46. The van der Waals surface area contributed by atoms with E-state index in [1.165, 1.54) is 22.8 Å². The van der Waals surface area contributed by atoms with Gasteiger partial charge in [-0.05, 0) is 45.9 Å². The molecule has 1 atom stereocenters. The van der Waals surface area contributed by atoms with Crippen LogP contribution < -0.4 is 29.1 Å². The topological polar surface area (TPSA) is 131 Å². The van der Waals surface area contributed by atoms with Crippen molar-refractivity contribution < 1.29 is 28.7 Å². The molecule has 3 aromatic rings. The smallest absolute Gasteiger partial charge is 0.338 e. The molecular formula is C27H25N3O8S. The Labute approximate surface area is 226 Å². The second kappa shape index (κ2) is 10.4. The highest BCUT2D eigenvalue weighted by atomic mass is 32.1. The number of para-hydroxylation sites is 1. The van der Waals surface area contributed by atoms with E-state index in [0.29, 0.717) is 27.6 Å². The number of esters is 1. The van der Waals surface area contributed by atoms with Gasteiger partial charge in [0.15, 0.2) is 16.3 Å². The third-order valence-corrected chi connectivity index (χ3v) is 7.08. The summed E-state index contributed by atoms with van der Waals surface area (Å²) in [5.74, 6) is 0.522. The number of aromatic nitrogens is 1. The molecule has 0 spiro atoms. The number of fused-ring (bicyclic) bond motifs is 2. The van der Waals surface area contributed by atoms with Crippen molar-refractivity contribution in [1.82, 2.24) is 4.57 Å². The largest absolute Gasteiger partial charge is 0.491 e. The van der Waals surface area contributed by atoms with E-state index in [4.69, 9.17) is 18.9 Å². The number of rotatable bonds is 7. The third-order valence-electron chi connectivity index (χ3n) is 6.10. The summed E-state index contributed by atoms with van der Waals surface area (Å²) in [7, 11) is 0. The van der Waals surface area contributed by atoms with Crippen molar-refractivity contribution in [2.24, 2.45) is 4.99 Å². The normalized spacial score (nSPS) is 16.2. The first-order valence-electron chi connectivity index (χ1n) is 12.2. The molecule has 0 radical (unpaired) electrons. The maximum atomic E-state index is 13.9. The molecule has 1 aromatic heterocycles. The Morgan fingerprint density at radius 1 is 1.28 bits per heavy atom. The van der Waals surface area contributed by atoms with E-state index in [0.717, 1.165) is 11.3 Å². The van der Waals surface area contributed by atoms with Crippen molar-refractivity contribution in [3.63, 3.8) is 0 Å². The van der Waals surface area contributed by atoms with Crippen LogP contribution in [0, 0.1) is 10.1 Å². The predicted octanol–water partition coefficient (Wildman–Crippen LogP) is 3.22. The number of carbonyl (C=O) groups excluding carboxylic acids is 1. The Morgan fingerprint density at radius 2 is 2.00 bits per heavy atom. The lowest BCUT2D eigenvalue weighted by Gasteiger charge is -2.26. The number of ether oxygens (including phenoxy) is 4. The van der Waals surface area contributed by atoms with E-state index in [2.05, 4.69) is 4.99 Å². The lowest BCUT2D eigenvalue weighted by Crippen LogP contribution is -2.40. The molecule has 2 aliphatic rings. The lowest BCUT2D eigenvalue weighted by atomic mass is 9.95. The van der Waals surface area contributed by atoms with Crippen LogP contribution in [-0.4, -0.2) is 35.0 Å². The molecule has 0 aliphatic carbocycles. The lowest BCUT2D eigenvalue weighted by molar-refractivity contribution is -0.385. The fourth-order valence-corrected chi connectivity index (χ4v) is 5.55. The predicted molar refractivity (Wildman–Crippen MR) is 142 cm³/mol. The monoisotopic (exact) mass is 551 g/mol. The molecule has 202 valence electrons. The molecule has 11 nitrogen and oxygen atoms in total. The van der Waals surface area contributed by atoms with Crippen LogP contribution in [0.1, 0.15) is 44.9 Å². The van der Waals surface area contributed by atoms with E-state index in [9.17, 15) is 19.7 Å². The van der Waals surface area contributed by atoms with E-state index in [1.807, 2.05) is 19.9 Å². The molecule has 0 fully saturated rings. The number of allylic oxidation sites excluding steroid dienone is 1. The number of benzene rings is 2. The second-order valence-electron chi connectivity index (χ2n) is 9.03. The molecule has 2 aromatic carbocycles. The van der Waals surface area contributed by atoms with Gasteiger partial charge in [0, 0.05) is 5.56 Å². The van der Waals surface area contributed by atoms with E-state index in [-0.39, 0.29) is 46.6 Å². The van der Waals surface area contributed by atoms with Gasteiger partial charge in [0.05, 0.1) is 45.1 Å². The molecule has 0 saturated heterocycles. The van der Waals surface area contributed by atoms with Gasteiger partial charge in [0.25, 0.3) is 11.2 Å². The maximum absolute atomic E-state index is 13.9. The minimum Gasteiger partial charge on any atom is -0.491 e. The van der Waals surface area contributed by atoms with Crippen LogP contribution in [0.5, 0.6) is 17.2 Å². The summed E-state index contributed by atoms with van der Waals surface area (Å²) in [4.78, 5) is 43.2. The summed E-state index contributed by atoms with van der Waals surface area (Å²) in [5, 5.41) is 11.8. The summed E-state index contributed by atoms with van der Waals surface area (Å²) in [6, 6.07) is 9.04. The Balaban J connectivity index is 1.76. The molecule has 0 unspecified atom stereocenters. The molecule has 3 heterocycles. The number of nitro groups is 1. The minimum atomic E-state index is -0.885. The highest BCUT2D eigenvalue weighted by molar-refractivity contribution is 7.07. The molecule has 2 aliphatic heterocycles. The van der Waals surface area contributed by atoms with Gasteiger partial charge in [-0.3, -0.25) is 19.5 Å². The third kappa shape index (κ3) is 4.78. The molecule has 0 amide bonds. The zero-order valence-electron chi connectivity index (χ0n) is 21.6. The Bertz CT molecular complexity index is 1700. The van der Waals surface area contributed by atoms with Crippen molar-refractivity contribution in [2.45, 2.75) is 39.8 Å². The Kier molecular flexibility index (Phi) is 6.96. The first kappa shape index (κ1) is 26.2. The number of nitrogens with zero attached hydrogens (tertiary/aromatic N) is 3.